The van der Waals surface area contributed by atoms with Crippen molar-refractivity contribution in [2.75, 3.05) is 13.1 Å². The number of alkyl halides is 3. The van der Waals surface area contributed by atoms with Gasteiger partial charge in [-0.1, -0.05) is 11.6 Å². The molecule has 0 aliphatic carbocycles. The van der Waals surface area contributed by atoms with Crippen molar-refractivity contribution in [3.63, 3.8) is 0 Å². The van der Waals surface area contributed by atoms with E-state index in [9.17, 15) is 18.0 Å². The Hall–Kier alpha value is -1.28. The first-order chi connectivity index (χ1) is 11.5. The summed E-state index contributed by atoms with van der Waals surface area (Å²) in [4.78, 5) is 14.8. The molecule has 1 atom stereocenters. The maximum absolute atomic E-state index is 12.9. The second-order valence-electron chi connectivity index (χ2n) is 6.78. The van der Waals surface area contributed by atoms with Gasteiger partial charge in [-0.3, -0.25) is 9.48 Å². The molecule has 0 bridgehead atoms. The SMILES string of the molecule is Cc1c(Cl)c(C(F)(F)F)nn1[C@@H](C)C(=O)NC1CCN(C(C)C)CC1. The van der Waals surface area contributed by atoms with Crippen LogP contribution in [0.5, 0.6) is 0 Å². The van der Waals surface area contributed by atoms with Crippen LogP contribution >= 0.6 is 11.6 Å². The molecular weight excluding hydrogens is 357 g/mol. The number of nitrogens with one attached hydrogen (secondary N) is 1. The molecule has 25 heavy (non-hydrogen) atoms. The average Bonchev–Trinajstić information content (AvgIpc) is 2.83. The molecule has 1 saturated heterocycles. The van der Waals surface area contributed by atoms with Crippen LogP contribution in [0.1, 0.15) is 51.0 Å². The molecule has 0 spiro atoms. The van der Waals surface area contributed by atoms with Crippen molar-refractivity contribution in [2.45, 2.75) is 64.8 Å². The molecule has 0 aromatic carbocycles. The molecule has 1 fully saturated rings. The van der Waals surface area contributed by atoms with Gasteiger partial charge in [0, 0.05) is 25.2 Å². The standard InChI is InChI=1S/C16H24ClF3N4O/c1-9(2)23-7-5-12(6-8-23)21-15(25)11(4)24-10(3)13(17)14(22-24)16(18,19)20/h9,11-12H,5-8H2,1-4H3,(H,21,25)/t11-/m0/s1. The van der Waals surface area contributed by atoms with Crippen molar-refractivity contribution < 1.29 is 18.0 Å². The molecule has 0 unspecified atom stereocenters. The normalized spacial score (nSPS) is 18.6. The third-order valence-electron chi connectivity index (χ3n) is 4.70. The van der Waals surface area contributed by atoms with Crippen molar-refractivity contribution in [1.29, 1.82) is 0 Å². The fourth-order valence-corrected chi connectivity index (χ4v) is 3.28. The van der Waals surface area contributed by atoms with E-state index < -0.39 is 22.9 Å². The fraction of sp³-hybridized carbons (Fsp3) is 0.750. The predicted molar refractivity (Wildman–Crippen MR) is 89.6 cm³/mol. The first-order valence-corrected chi connectivity index (χ1v) is 8.76. The van der Waals surface area contributed by atoms with E-state index in [-0.39, 0.29) is 17.6 Å². The van der Waals surface area contributed by atoms with E-state index in [1.165, 1.54) is 13.8 Å². The lowest BCUT2D eigenvalue weighted by Gasteiger charge is -2.35. The van der Waals surface area contributed by atoms with Crippen LogP contribution in [0.2, 0.25) is 5.02 Å². The highest BCUT2D eigenvalue weighted by Crippen LogP contribution is 2.36. The minimum absolute atomic E-state index is 0.0263. The summed E-state index contributed by atoms with van der Waals surface area (Å²) in [6.45, 7) is 8.99. The van der Waals surface area contributed by atoms with Crippen LogP contribution in [-0.4, -0.2) is 45.8 Å². The molecule has 142 valence electrons. The average molecular weight is 381 g/mol. The van der Waals surface area contributed by atoms with Crippen LogP contribution in [0.3, 0.4) is 0 Å². The van der Waals surface area contributed by atoms with E-state index >= 15 is 0 Å². The molecule has 1 aromatic heterocycles. The van der Waals surface area contributed by atoms with E-state index in [0.717, 1.165) is 30.6 Å². The smallest absolute Gasteiger partial charge is 0.351 e. The van der Waals surface area contributed by atoms with Crippen LogP contribution in [-0.2, 0) is 11.0 Å². The first-order valence-electron chi connectivity index (χ1n) is 8.38. The number of halogens is 4. The molecule has 1 amide bonds. The molecule has 2 rings (SSSR count). The van der Waals surface area contributed by atoms with Gasteiger partial charge in [0.2, 0.25) is 5.91 Å². The summed E-state index contributed by atoms with van der Waals surface area (Å²) < 4.78 is 39.8. The van der Waals surface area contributed by atoms with Gasteiger partial charge in [0.1, 0.15) is 6.04 Å². The van der Waals surface area contributed by atoms with E-state index in [4.69, 9.17) is 11.6 Å². The number of piperidine rings is 1. The van der Waals surface area contributed by atoms with Gasteiger partial charge >= 0.3 is 6.18 Å². The highest BCUT2D eigenvalue weighted by Gasteiger charge is 2.39. The van der Waals surface area contributed by atoms with Crippen LogP contribution in [0.15, 0.2) is 0 Å². The number of rotatable bonds is 4. The lowest BCUT2D eigenvalue weighted by molar-refractivity contribution is -0.142. The predicted octanol–water partition coefficient (Wildman–Crippen LogP) is 3.41. The van der Waals surface area contributed by atoms with Gasteiger partial charge in [-0.15, -0.1) is 0 Å². The Kier molecular flexibility index (Phi) is 6.04. The second-order valence-corrected chi connectivity index (χ2v) is 7.16. The van der Waals surface area contributed by atoms with Crippen LogP contribution in [0, 0.1) is 6.92 Å². The Labute approximate surface area is 150 Å². The minimum atomic E-state index is -4.65. The minimum Gasteiger partial charge on any atom is -0.351 e. The molecule has 0 radical (unpaired) electrons. The van der Waals surface area contributed by atoms with Crippen molar-refractivity contribution in [1.82, 2.24) is 20.0 Å². The number of nitrogens with zero attached hydrogens (tertiary/aromatic N) is 3. The molecule has 1 aromatic rings. The number of carbonyl (C=O) groups excluding carboxylic acids is 1. The van der Waals surface area contributed by atoms with Crippen molar-refractivity contribution >= 4 is 17.5 Å². The second kappa shape index (κ2) is 7.53. The zero-order valence-corrected chi connectivity index (χ0v) is 15.6. The number of carbonyl (C=O) groups is 1. The largest absolute Gasteiger partial charge is 0.436 e. The summed E-state index contributed by atoms with van der Waals surface area (Å²) in [5.74, 6) is -0.348. The van der Waals surface area contributed by atoms with Gasteiger partial charge in [0.05, 0.1) is 10.7 Å². The van der Waals surface area contributed by atoms with Gasteiger partial charge in [-0.25, -0.2) is 0 Å². The number of hydrogen-bond donors (Lipinski definition) is 1. The quantitative estimate of drug-likeness (QED) is 0.870. The number of likely N-dealkylation sites (tertiary alicyclic amines) is 1. The summed E-state index contributed by atoms with van der Waals surface area (Å²) in [7, 11) is 0. The van der Waals surface area contributed by atoms with Gasteiger partial charge in [0.15, 0.2) is 5.69 Å². The number of amides is 1. The summed E-state index contributed by atoms with van der Waals surface area (Å²) in [5.41, 5.74) is -1.03. The Morgan fingerprint density at radius 1 is 1.28 bits per heavy atom. The molecular formula is C16H24ClF3N4O. The molecule has 5 nitrogen and oxygen atoms in total. The highest BCUT2D eigenvalue weighted by molar-refractivity contribution is 6.32. The molecule has 9 heteroatoms. The van der Waals surface area contributed by atoms with E-state index in [1.54, 1.807) is 0 Å². The molecule has 1 N–H and O–H groups in total. The maximum Gasteiger partial charge on any atom is 0.436 e. The highest BCUT2D eigenvalue weighted by atomic mass is 35.5. The topological polar surface area (TPSA) is 50.2 Å². The van der Waals surface area contributed by atoms with Crippen molar-refractivity contribution in [2.24, 2.45) is 0 Å². The van der Waals surface area contributed by atoms with E-state index in [1.807, 2.05) is 0 Å². The Balaban J connectivity index is 2.04. The van der Waals surface area contributed by atoms with E-state index in [0.29, 0.717) is 6.04 Å². The van der Waals surface area contributed by atoms with Crippen LogP contribution in [0.25, 0.3) is 0 Å². The summed E-state index contributed by atoms with van der Waals surface area (Å²) in [5, 5.41) is 5.98. The zero-order chi connectivity index (χ0) is 18.9. The summed E-state index contributed by atoms with van der Waals surface area (Å²) >= 11 is 5.74. The monoisotopic (exact) mass is 380 g/mol. The lowest BCUT2D eigenvalue weighted by Crippen LogP contribution is -2.48. The lowest BCUT2D eigenvalue weighted by atomic mass is 10.0. The molecule has 1 aliphatic heterocycles. The van der Waals surface area contributed by atoms with Gasteiger partial charge in [0.25, 0.3) is 0 Å². The number of aromatic nitrogens is 2. The van der Waals surface area contributed by atoms with Gasteiger partial charge in [-0.2, -0.15) is 18.3 Å². The van der Waals surface area contributed by atoms with Gasteiger partial charge in [-0.05, 0) is 40.5 Å². The third kappa shape index (κ3) is 4.47. The molecule has 1 aliphatic rings. The van der Waals surface area contributed by atoms with Gasteiger partial charge < -0.3 is 10.2 Å². The zero-order valence-electron chi connectivity index (χ0n) is 14.8. The Morgan fingerprint density at radius 2 is 1.84 bits per heavy atom. The molecule has 0 saturated carbocycles. The van der Waals surface area contributed by atoms with Crippen LogP contribution < -0.4 is 5.32 Å². The third-order valence-corrected chi connectivity index (χ3v) is 5.15. The maximum atomic E-state index is 12.9. The molecule has 2 heterocycles. The van der Waals surface area contributed by atoms with E-state index in [2.05, 4.69) is 29.2 Å². The fourth-order valence-electron chi connectivity index (χ4n) is 3.05. The van der Waals surface area contributed by atoms with Crippen LogP contribution in [0.4, 0.5) is 13.2 Å². The first kappa shape index (κ1) is 20.0. The number of hydrogen-bond acceptors (Lipinski definition) is 3. The summed E-state index contributed by atoms with van der Waals surface area (Å²) in [6, 6.07) is -0.375. The van der Waals surface area contributed by atoms with Crippen molar-refractivity contribution in [3.05, 3.63) is 16.4 Å². The Morgan fingerprint density at radius 3 is 2.28 bits per heavy atom. The Bertz CT molecular complexity index is 622. The van der Waals surface area contributed by atoms with Crippen molar-refractivity contribution in [3.8, 4) is 0 Å². The summed E-state index contributed by atoms with van der Waals surface area (Å²) in [6.07, 6.45) is -3.00.